The van der Waals surface area contributed by atoms with Crippen LogP contribution < -0.4 is 11.5 Å². The van der Waals surface area contributed by atoms with Gasteiger partial charge in [-0.1, -0.05) is 30.3 Å². The van der Waals surface area contributed by atoms with Crippen molar-refractivity contribution in [1.82, 2.24) is 4.57 Å². The number of anilines is 1. The van der Waals surface area contributed by atoms with Gasteiger partial charge in [-0.15, -0.1) is 0 Å². The van der Waals surface area contributed by atoms with Crippen molar-refractivity contribution in [3.8, 4) is 11.1 Å². The van der Waals surface area contributed by atoms with Gasteiger partial charge in [0.15, 0.2) is 5.58 Å². The SMILES string of the molecule is Cn1c(=O)oc2c(N)cc(-c3ccccc3)cc21. The van der Waals surface area contributed by atoms with E-state index in [1.54, 1.807) is 7.05 Å². The highest BCUT2D eigenvalue weighted by atomic mass is 16.4. The number of hydrogen-bond donors (Lipinski definition) is 1. The van der Waals surface area contributed by atoms with Crippen LogP contribution in [0.5, 0.6) is 0 Å². The predicted molar refractivity (Wildman–Crippen MR) is 71.3 cm³/mol. The first-order valence-electron chi connectivity index (χ1n) is 5.61. The summed E-state index contributed by atoms with van der Waals surface area (Å²) in [5, 5.41) is 0. The molecule has 2 aromatic carbocycles. The van der Waals surface area contributed by atoms with Crippen molar-refractivity contribution in [2.45, 2.75) is 0 Å². The summed E-state index contributed by atoms with van der Waals surface area (Å²) in [6.07, 6.45) is 0. The van der Waals surface area contributed by atoms with Crippen molar-refractivity contribution in [3.63, 3.8) is 0 Å². The van der Waals surface area contributed by atoms with Crippen molar-refractivity contribution >= 4 is 16.8 Å². The fourth-order valence-electron chi connectivity index (χ4n) is 2.05. The maximum atomic E-state index is 11.5. The molecule has 1 aromatic heterocycles. The van der Waals surface area contributed by atoms with Crippen LogP contribution in [0.2, 0.25) is 0 Å². The minimum absolute atomic E-state index is 0.401. The number of benzene rings is 2. The second-order valence-electron chi connectivity index (χ2n) is 4.21. The molecule has 0 atom stereocenters. The topological polar surface area (TPSA) is 61.2 Å². The first-order valence-corrected chi connectivity index (χ1v) is 5.61. The van der Waals surface area contributed by atoms with Gasteiger partial charge in [-0.3, -0.25) is 4.57 Å². The highest BCUT2D eigenvalue weighted by Gasteiger charge is 2.11. The zero-order valence-corrected chi connectivity index (χ0v) is 9.88. The van der Waals surface area contributed by atoms with E-state index < -0.39 is 5.76 Å². The Hall–Kier alpha value is -2.49. The average Bonchev–Trinajstić information content (AvgIpc) is 2.68. The summed E-state index contributed by atoms with van der Waals surface area (Å²) < 4.78 is 6.56. The zero-order valence-electron chi connectivity index (χ0n) is 9.88. The number of nitrogens with zero attached hydrogens (tertiary/aromatic N) is 1. The van der Waals surface area contributed by atoms with Crippen molar-refractivity contribution in [1.29, 1.82) is 0 Å². The lowest BCUT2D eigenvalue weighted by atomic mass is 10.0. The van der Waals surface area contributed by atoms with Crippen molar-refractivity contribution in [2.75, 3.05) is 5.73 Å². The van der Waals surface area contributed by atoms with E-state index in [9.17, 15) is 4.79 Å². The molecule has 4 heteroatoms. The molecule has 0 bridgehead atoms. The summed E-state index contributed by atoms with van der Waals surface area (Å²) in [5.41, 5.74) is 9.59. The Bertz CT molecular complexity index is 770. The molecule has 4 nitrogen and oxygen atoms in total. The Morgan fingerprint density at radius 1 is 1.11 bits per heavy atom. The largest absolute Gasteiger partial charge is 0.419 e. The molecule has 0 amide bonds. The van der Waals surface area contributed by atoms with Crippen LogP contribution >= 0.6 is 0 Å². The average molecular weight is 240 g/mol. The summed E-state index contributed by atoms with van der Waals surface area (Å²) in [7, 11) is 1.67. The van der Waals surface area contributed by atoms with Gasteiger partial charge >= 0.3 is 5.76 Å². The highest BCUT2D eigenvalue weighted by Crippen LogP contribution is 2.28. The standard InChI is InChI=1S/C14H12N2O2/c1-16-12-8-10(9-5-3-2-4-6-9)7-11(15)13(12)18-14(16)17/h2-8H,15H2,1H3. The summed E-state index contributed by atoms with van der Waals surface area (Å²) in [4.78, 5) is 11.5. The molecule has 2 N–H and O–H groups in total. The molecule has 3 rings (SSSR count). The van der Waals surface area contributed by atoms with Crippen LogP contribution in [0.15, 0.2) is 51.7 Å². The van der Waals surface area contributed by atoms with Crippen molar-refractivity contribution in [3.05, 3.63) is 53.0 Å². The number of hydrogen-bond acceptors (Lipinski definition) is 3. The first kappa shape index (κ1) is 10.7. The molecule has 0 fully saturated rings. The minimum Gasteiger partial charge on any atom is -0.405 e. The fraction of sp³-hybridized carbons (Fsp3) is 0.0714. The van der Waals surface area contributed by atoms with Crippen LogP contribution in [-0.4, -0.2) is 4.57 Å². The number of nitrogens with two attached hydrogens (primary N) is 1. The van der Waals surface area contributed by atoms with Crippen molar-refractivity contribution in [2.24, 2.45) is 7.05 Å². The molecule has 0 saturated heterocycles. The fourth-order valence-corrected chi connectivity index (χ4v) is 2.05. The second-order valence-corrected chi connectivity index (χ2v) is 4.21. The highest BCUT2D eigenvalue weighted by molar-refractivity contribution is 5.90. The van der Waals surface area contributed by atoms with Crippen LogP contribution in [0, 0.1) is 0 Å². The van der Waals surface area contributed by atoms with Gasteiger partial charge in [0, 0.05) is 7.05 Å². The lowest BCUT2D eigenvalue weighted by Gasteiger charge is -2.04. The molecule has 0 aliphatic rings. The summed E-state index contributed by atoms with van der Waals surface area (Å²) in [6, 6.07) is 13.6. The smallest absolute Gasteiger partial charge is 0.405 e. The summed E-state index contributed by atoms with van der Waals surface area (Å²) >= 11 is 0. The second kappa shape index (κ2) is 3.77. The lowest BCUT2D eigenvalue weighted by molar-refractivity contribution is 0.529. The maximum absolute atomic E-state index is 11.5. The number of fused-ring (bicyclic) bond motifs is 1. The van der Waals surface area contributed by atoms with Crippen LogP contribution in [0.3, 0.4) is 0 Å². The molecule has 0 radical (unpaired) electrons. The van der Waals surface area contributed by atoms with E-state index in [2.05, 4.69) is 0 Å². The van der Waals surface area contributed by atoms with Gasteiger partial charge in [0.05, 0.1) is 11.2 Å². The maximum Gasteiger partial charge on any atom is 0.419 e. The third-order valence-corrected chi connectivity index (χ3v) is 3.03. The number of aryl methyl sites for hydroxylation is 1. The summed E-state index contributed by atoms with van der Waals surface area (Å²) in [6.45, 7) is 0. The van der Waals surface area contributed by atoms with Gasteiger partial charge in [0.2, 0.25) is 0 Å². The van der Waals surface area contributed by atoms with Gasteiger partial charge < -0.3 is 10.2 Å². The molecule has 0 aliphatic carbocycles. The number of oxazole rings is 1. The van der Waals surface area contributed by atoms with Gasteiger partial charge in [0.25, 0.3) is 0 Å². The Balaban J connectivity index is 2.34. The van der Waals surface area contributed by atoms with Crippen LogP contribution in [0.4, 0.5) is 5.69 Å². The molecule has 3 aromatic rings. The third-order valence-electron chi connectivity index (χ3n) is 3.03. The Kier molecular flexibility index (Phi) is 2.23. The van der Waals surface area contributed by atoms with Crippen molar-refractivity contribution < 1.29 is 4.42 Å². The number of rotatable bonds is 1. The molecule has 0 unspecified atom stereocenters. The predicted octanol–water partition coefficient (Wildman–Crippen LogP) is 2.38. The Morgan fingerprint density at radius 3 is 2.56 bits per heavy atom. The molecule has 90 valence electrons. The van der Waals surface area contributed by atoms with Crippen LogP contribution in [0.25, 0.3) is 22.2 Å². The third kappa shape index (κ3) is 1.50. The molecule has 18 heavy (non-hydrogen) atoms. The van der Waals surface area contributed by atoms with Crippen LogP contribution in [-0.2, 0) is 7.05 Å². The van der Waals surface area contributed by atoms with Gasteiger partial charge in [0.1, 0.15) is 0 Å². The monoisotopic (exact) mass is 240 g/mol. The Morgan fingerprint density at radius 2 is 1.83 bits per heavy atom. The lowest BCUT2D eigenvalue weighted by Crippen LogP contribution is -2.08. The van der Waals surface area contributed by atoms with Gasteiger partial charge in [-0.25, -0.2) is 4.79 Å². The molecule has 1 heterocycles. The zero-order chi connectivity index (χ0) is 12.7. The van der Waals surface area contributed by atoms with E-state index in [1.807, 2.05) is 42.5 Å². The van der Waals surface area contributed by atoms with E-state index in [1.165, 1.54) is 4.57 Å². The van der Waals surface area contributed by atoms with E-state index in [0.29, 0.717) is 16.8 Å². The van der Waals surface area contributed by atoms with Gasteiger partial charge in [-0.05, 0) is 23.3 Å². The minimum atomic E-state index is -0.401. The molecule has 0 spiro atoms. The molecule has 0 saturated carbocycles. The van der Waals surface area contributed by atoms with E-state index in [0.717, 1.165) is 11.1 Å². The summed E-state index contributed by atoms with van der Waals surface area (Å²) in [5.74, 6) is -0.401. The number of nitrogen functional groups attached to an aromatic ring is 1. The normalized spacial score (nSPS) is 10.9. The van der Waals surface area contributed by atoms with E-state index >= 15 is 0 Å². The molecular weight excluding hydrogens is 228 g/mol. The Labute approximate surface area is 103 Å². The quantitative estimate of drug-likeness (QED) is 0.664. The molecule has 0 aliphatic heterocycles. The van der Waals surface area contributed by atoms with E-state index in [4.69, 9.17) is 10.2 Å². The number of aromatic nitrogens is 1. The molecular formula is C14H12N2O2. The van der Waals surface area contributed by atoms with Crippen LogP contribution in [0.1, 0.15) is 0 Å². The van der Waals surface area contributed by atoms with Gasteiger partial charge in [-0.2, -0.15) is 0 Å². The van der Waals surface area contributed by atoms with E-state index in [-0.39, 0.29) is 0 Å². The first-order chi connectivity index (χ1) is 8.66.